The van der Waals surface area contributed by atoms with Crippen LogP contribution in [0, 0.1) is 0 Å². The van der Waals surface area contributed by atoms with Crippen molar-refractivity contribution in [1.29, 1.82) is 0 Å². The normalized spacial score (nSPS) is 9.76. The highest BCUT2D eigenvalue weighted by molar-refractivity contribution is 7.80. The van der Waals surface area contributed by atoms with Gasteiger partial charge < -0.3 is 10.6 Å². The molecule has 0 aliphatic carbocycles. The summed E-state index contributed by atoms with van der Waals surface area (Å²) in [7, 11) is 0. The third kappa shape index (κ3) is 4.29. The van der Waals surface area contributed by atoms with Gasteiger partial charge >= 0.3 is 0 Å². The van der Waals surface area contributed by atoms with Crippen molar-refractivity contribution in [3.63, 3.8) is 0 Å². The molecule has 0 aromatic heterocycles. The summed E-state index contributed by atoms with van der Waals surface area (Å²) in [5.41, 5.74) is 4.09. The smallest absolute Gasteiger partial charge is 0.107 e. The molecule has 0 saturated heterocycles. The van der Waals surface area contributed by atoms with Crippen LogP contribution in [-0.2, 0) is 0 Å². The largest absolute Gasteiger partial charge is 0.342 e. The van der Waals surface area contributed by atoms with Gasteiger partial charge in [0, 0.05) is 5.69 Å². The van der Waals surface area contributed by atoms with Crippen LogP contribution < -0.4 is 10.6 Å². The first kappa shape index (κ1) is 15.0. The molecule has 21 heavy (non-hydrogen) atoms. The first-order chi connectivity index (χ1) is 10.1. The molecule has 2 aromatic carbocycles. The van der Waals surface area contributed by atoms with E-state index in [1.165, 1.54) is 5.56 Å². The topological polar surface area (TPSA) is 24.1 Å². The average molecular weight is 294 g/mol. The van der Waals surface area contributed by atoms with Crippen LogP contribution >= 0.6 is 12.2 Å². The molecule has 0 heterocycles. The van der Waals surface area contributed by atoms with Gasteiger partial charge in [0.05, 0.1) is 0 Å². The lowest BCUT2D eigenvalue weighted by Crippen LogP contribution is -2.24. The van der Waals surface area contributed by atoms with E-state index in [9.17, 15) is 0 Å². The van der Waals surface area contributed by atoms with E-state index in [2.05, 4.69) is 48.1 Å². The third-order valence-corrected chi connectivity index (χ3v) is 3.37. The Labute approximate surface area is 131 Å². The molecule has 2 N–H and O–H groups in total. The highest BCUT2D eigenvalue weighted by atomic mass is 32.1. The first-order valence-electron chi connectivity index (χ1n) is 6.64. The van der Waals surface area contributed by atoms with E-state index >= 15 is 0 Å². The lowest BCUT2D eigenvalue weighted by Gasteiger charge is -2.13. The van der Waals surface area contributed by atoms with Crippen molar-refractivity contribution in [2.24, 2.45) is 0 Å². The van der Waals surface area contributed by atoms with Crippen molar-refractivity contribution in [3.05, 3.63) is 79.1 Å². The summed E-state index contributed by atoms with van der Waals surface area (Å²) < 4.78 is 0. The molecule has 3 heteroatoms. The Bertz CT molecular complexity index is 675. The Hall–Kier alpha value is -2.39. The van der Waals surface area contributed by atoms with Crippen LogP contribution in [0.15, 0.2) is 79.1 Å². The van der Waals surface area contributed by atoms with Gasteiger partial charge in [-0.25, -0.2) is 0 Å². The highest BCUT2D eigenvalue weighted by Crippen LogP contribution is 2.22. The minimum atomic E-state index is 0.590. The summed E-state index contributed by atoms with van der Waals surface area (Å²) in [6.45, 7) is 9.58. The van der Waals surface area contributed by atoms with E-state index in [0.29, 0.717) is 10.8 Å². The van der Waals surface area contributed by atoms with Crippen LogP contribution in [0.1, 0.15) is 6.92 Å². The van der Waals surface area contributed by atoms with Crippen LogP contribution in [0.5, 0.6) is 0 Å². The maximum Gasteiger partial charge on any atom is 0.107 e. The molecule has 0 radical (unpaired) electrons. The second kappa shape index (κ2) is 6.86. The quantitative estimate of drug-likeness (QED) is 0.616. The van der Waals surface area contributed by atoms with Crippen molar-refractivity contribution in [3.8, 4) is 11.1 Å². The van der Waals surface area contributed by atoms with Gasteiger partial charge in [-0.3, -0.25) is 0 Å². The van der Waals surface area contributed by atoms with Crippen LogP contribution in [0.3, 0.4) is 0 Å². The molecular weight excluding hydrogens is 276 g/mol. The Morgan fingerprint density at radius 3 is 2.29 bits per heavy atom. The van der Waals surface area contributed by atoms with Crippen LogP contribution in [0.2, 0.25) is 0 Å². The molecule has 106 valence electrons. The zero-order valence-electron chi connectivity index (χ0n) is 12.0. The minimum absolute atomic E-state index is 0.590. The van der Waals surface area contributed by atoms with Crippen molar-refractivity contribution in [1.82, 2.24) is 5.32 Å². The zero-order chi connectivity index (χ0) is 15.2. The fraction of sp³-hybridized carbons (Fsp3) is 0.0556. The molecule has 0 bridgehead atoms. The minimum Gasteiger partial charge on any atom is -0.342 e. The van der Waals surface area contributed by atoms with E-state index in [1.54, 1.807) is 0 Å². The SMILES string of the molecule is C=C(NC(=S)C(=C)C)Nc1cccc(-c2ccccc2)c1. The number of anilines is 1. The molecule has 2 rings (SSSR count). The van der Waals surface area contributed by atoms with Crippen LogP contribution in [0.4, 0.5) is 5.69 Å². The van der Waals surface area contributed by atoms with Crippen molar-refractivity contribution < 1.29 is 0 Å². The van der Waals surface area contributed by atoms with E-state index in [0.717, 1.165) is 16.8 Å². The second-order valence-electron chi connectivity index (χ2n) is 4.78. The maximum absolute atomic E-state index is 5.16. The van der Waals surface area contributed by atoms with Crippen LogP contribution in [0.25, 0.3) is 11.1 Å². The number of rotatable bonds is 5. The Kier molecular flexibility index (Phi) is 4.90. The predicted molar refractivity (Wildman–Crippen MR) is 95.2 cm³/mol. The molecule has 0 spiro atoms. The molecular formula is C18H18N2S. The summed E-state index contributed by atoms with van der Waals surface area (Å²) >= 11 is 5.16. The molecule has 2 nitrogen and oxygen atoms in total. The third-order valence-electron chi connectivity index (χ3n) is 2.92. The van der Waals surface area contributed by atoms with E-state index < -0.39 is 0 Å². The molecule has 0 amide bonds. The Morgan fingerprint density at radius 1 is 0.952 bits per heavy atom. The number of hydrogen-bond acceptors (Lipinski definition) is 2. The summed E-state index contributed by atoms with van der Waals surface area (Å²) in [5, 5.41) is 6.22. The van der Waals surface area contributed by atoms with Gasteiger partial charge in [-0.1, -0.05) is 67.8 Å². The lowest BCUT2D eigenvalue weighted by molar-refractivity contribution is 1.15. The van der Waals surface area contributed by atoms with Crippen LogP contribution in [-0.4, -0.2) is 4.99 Å². The monoisotopic (exact) mass is 294 g/mol. The highest BCUT2D eigenvalue weighted by Gasteiger charge is 2.02. The average Bonchev–Trinajstić information content (AvgIpc) is 2.48. The molecule has 0 unspecified atom stereocenters. The first-order valence-corrected chi connectivity index (χ1v) is 7.05. The number of nitrogens with one attached hydrogen (secondary N) is 2. The number of thiocarbonyl (C=S) groups is 1. The van der Waals surface area contributed by atoms with Gasteiger partial charge in [0.25, 0.3) is 0 Å². The maximum atomic E-state index is 5.16. The van der Waals surface area contributed by atoms with Crippen molar-refractivity contribution in [2.75, 3.05) is 5.32 Å². The van der Waals surface area contributed by atoms with Gasteiger partial charge in [0.1, 0.15) is 10.8 Å². The number of benzene rings is 2. The van der Waals surface area contributed by atoms with Gasteiger partial charge in [-0.15, -0.1) is 0 Å². The molecule has 0 fully saturated rings. The van der Waals surface area contributed by atoms with Gasteiger partial charge in [-0.05, 0) is 35.8 Å². The van der Waals surface area contributed by atoms with E-state index in [4.69, 9.17) is 12.2 Å². The van der Waals surface area contributed by atoms with Gasteiger partial charge in [0.2, 0.25) is 0 Å². The lowest BCUT2D eigenvalue weighted by atomic mass is 10.1. The Morgan fingerprint density at radius 2 is 1.62 bits per heavy atom. The van der Waals surface area contributed by atoms with Gasteiger partial charge in [-0.2, -0.15) is 0 Å². The fourth-order valence-corrected chi connectivity index (χ4v) is 1.98. The van der Waals surface area contributed by atoms with Gasteiger partial charge in [0.15, 0.2) is 0 Å². The Balaban J connectivity index is 2.10. The molecule has 0 atom stereocenters. The van der Waals surface area contributed by atoms with Crippen molar-refractivity contribution in [2.45, 2.75) is 6.92 Å². The number of hydrogen-bond donors (Lipinski definition) is 2. The molecule has 0 saturated carbocycles. The second-order valence-corrected chi connectivity index (χ2v) is 5.19. The molecule has 2 aromatic rings. The summed E-state index contributed by atoms with van der Waals surface area (Å²) in [6, 6.07) is 18.4. The summed E-state index contributed by atoms with van der Waals surface area (Å²) in [5.74, 6) is 0.633. The standard InChI is InChI=1S/C18H18N2S/c1-13(2)18(21)20-14(3)19-17-11-7-10-16(12-17)15-8-5-4-6-9-15/h4-12,19H,1,3H2,2H3,(H,20,21). The molecule has 0 aliphatic heterocycles. The predicted octanol–water partition coefficient (Wildman–Crippen LogP) is 4.73. The van der Waals surface area contributed by atoms with E-state index in [1.807, 2.05) is 37.3 Å². The zero-order valence-corrected chi connectivity index (χ0v) is 12.8. The summed E-state index contributed by atoms with van der Waals surface area (Å²) in [4.78, 5) is 0.590. The molecule has 0 aliphatic rings. The summed E-state index contributed by atoms with van der Waals surface area (Å²) in [6.07, 6.45) is 0. The van der Waals surface area contributed by atoms with E-state index in [-0.39, 0.29) is 0 Å². The van der Waals surface area contributed by atoms with Crippen molar-refractivity contribution >= 4 is 22.9 Å². The fourth-order valence-electron chi connectivity index (χ4n) is 1.86.